The molecule has 0 radical (unpaired) electrons. The Hall–Kier alpha value is -2.38. The number of aliphatic hydroxyl groups is 1. The zero-order chi connectivity index (χ0) is 15.3. The number of hydrogen-bond donors (Lipinski definition) is 3. The fourth-order valence-corrected chi connectivity index (χ4v) is 2.75. The lowest BCUT2D eigenvalue weighted by Crippen LogP contribution is -2.16. The molecule has 0 atom stereocenters. The highest BCUT2D eigenvalue weighted by Gasteiger charge is 2.13. The van der Waals surface area contributed by atoms with E-state index < -0.39 is 22.5 Å². The number of sulfonamides is 1. The molecule has 0 heterocycles. The Morgan fingerprint density at radius 2 is 1.67 bits per heavy atom. The third-order valence-electron chi connectivity index (χ3n) is 2.60. The molecule has 0 saturated carbocycles. The molecule has 0 bridgehead atoms. The Bertz CT molecular complexity index is 730. The smallest absolute Gasteiger partial charge is 0.261 e. The molecule has 2 aromatic carbocycles. The van der Waals surface area contributed by atoms with Gasteiger partial charge in [0.1, 0.15) is 6.61 Å². The Labute approximate surface area is 122 Å². The van der Waals surface area contributed by atoms with E-state index in [4.69, 9.17) is 5.11 Å². The fourth-order valence-electron chi connectivity index (χ4n) is 1.67. The first kappa shape index (κ1) is 15.0. The van der Waals surface area contributed by atoms with Crippen molar-refractivity contribution in [1.29, 1.82) is 0 Å². The van der Waals surface area contributed by atoms with Gasteiger partial charge < -0.3 is 10.4 Å². The molecule has 0 spiro atoms. The van der Waals surface area contributed by atoms with E-state index >= 15 is 0 Å². The molecule has 0 fully saturated rings. The maximum absolute atomic E-state index is 12.2. The molecular formula is C14H14N2O4S. The molecule has 0 aliphatic carbocycles. The van der Waals surface area contributed by atoms with Gasteiger partial charge in [0.05, 0.1) is 10.6 Å². The second-order valence-electron chi connectivity index (χ2n) is 4.21. The van der Waals surface area contributed by atoms with E-state index in [1.54, 1.807) is 36.4 Å². The van der Waals surface area contributed by atoms with Crippen molar-refractivity contribution in [3.05, 3.63) is 54.6 Å². The summed E-state index contributed by atoms with van der Waals surface area (Å²) in [5, 5.41) is 11.1. The molecule has 0 aromatic heterocycles. The number of hydrogen-bond acceptors (Lipinski definition) is 4. The summed E-state index contributed by atoms with van der Waals surface area (Å²) in [6.45, 7) is -0.639. The molecule has 110 valence electrons. The molecular weight excluding hydrogens is 292 g/mol. The van der Waals surface area contributed by atoms with Crippen molar-refractivity contribution in [3.8, 4) is 0 Å². The zero-order valence-corrected chi connectivity index (χ0v) is 11.8. The SMILES string of the molecule is O=C(CO)Nc1cccc(NS(=O)(=O)c2ccccc2)c1. The predicted molar refractivity (Wildman–Crippen MR) is 79.4 cm³/mol. The Kier molecular flexibility index (Phi) is 4.56. The molecule has 6 nitrogen and oxygen atoms in total. The van der Waals surface area contributed by atoms with E-state index in [-0.39, 0.29) is 4.90 Å². The Morgan fingerprint density at radius 3 is 2.33 bits per heavy atom. The summed E-state index contributed by atoms with van der Waals surface area (Å²) in [6, 6.07) is 14.2. The van der Waals surface area contributed by atoms with Crippen molar-refractivity contribution in [2.45, 2.75) is 4.90 Å². The van der Waals surface area contributed by atoms with Gasteiger partial charge in [0.25, 0.3) is 10.0 Å². The second-order valence-corrected chi connectivity index (χ2v) is 5.89. The van der Waals surface area contributed by atoms with Gasteiger partial charge in [-0.05, 0) is 30.3 Å². The molecule has 0 aliphatic rings. The molecule has 21 heavy (non-hydrogen) atoms. The van der Waals surface area contributed by atoms with E-state index in [9.17, 15) is 13.2 Å². The fraction of sp³-hybridized carbons (Fsp3) is 0.0714. The quantitative estimate of drug-likeness (QED) is 0.778. The van der Waals surface area contributed by atoms with E-state index in [2.05, 4.69) is 10.0 Å². The molecule has 7 heteroatoms. The second kappa shape index (κ2) is 6.38. The van der Waals surface area contributed by atoms with E-state index in [0.29, 0.717) is 11.4 Å². The number of amides is 1. The van der Waals surface area contributed by atoms with Gasteiger partial charge in [0, 0.05) is 5.69 Å². The number of nitrogens with one attached hydrogen (secondary N) is 2. The first-order valence-electron chi connectivity index (χ1n) is 6.10. The first-order chi connectivity index (χ1) is 10.0. The lowest BCUT2D eigenvalue weighted by Gasteiger charge is -2.10. The molecule has 3 N–H and O–H groups in total. The highest BCUT2D eigenvalue weighted by molar-refractivity contribution is 7.92. The summed E-state index contributed by atoms with van der Waals surface area (Å²) in [4.78, 5) is 11.2. The Morgan fingerprint density at radius 1 is 1.00 bits per heavy atom. The van der Waals surface area contributed by atoms with Crippen molar-refractivity contribution >= 4 is 27.3 Å². The molecule has 1 amide bonds. The minimum absolute atomic E-state index is 0.148. The van der Waals surface area contributed by atoms with Crippen LogP contribution in [0.2, 0.25) is 0 Å². The van der Waals surface area contributed by atoms with Crippen LogP contribution < -0.4 is 10.0 Å². The van der Waals surface area contributed by atoms with Crippen LogP contribution in [-0.2, 0) is 14.8 Å². The van der Waals surface area contributed by atoms with Gasteiger partial charge in [-0.15, -0.1) is 0 Å². The first-order valence-corrected chi connectivity index (χ1v) is 7.58. The number of anilines is 2. The van der Waals surface area contributed by atoms with Crippen LogP contribution >= 0.6 is 0 Å². The van der Waals surface area contributed by atoms with Gasteiger partial charge in [-0.25, -0.2) is 8.42 Å². The van der Waals surface area contributed by atoms with Crippen LogP contribution in [0.3, 0.4) is 0 Å². The highest BCUT2D eigenvalue weighted by atomic mass is 32.2. The van der Waals surface area contributed by atoms with Crippen molar-refractivity contribution < 1.29 is 18.3 Å². The van der Waals surface area contributed by atoms with Gasteiger partial charge in [-0.2, -0.15) is 0 Å². The highest BCUT2D eigenvalue weighted by Crippen LogP contribution is 2.19. The van der Waals surface area contributed by atoms with Crippen LogP contribution in [-0.4, -0.2) is 26.0 Å². The van der Waals surface area contributed by atoms with Crippen molar-refractivity contribution in [1.82, 2.24) is 0 Å². The summed E-state index contributed by atoms with van der Waals surface area (Å²) < 4.78 is 26.7. The molecule has 0 saturated heterocycles. The molecule has 0 aliphatic heterocycles. The topological polar surface area (TPSA) is 95.5 Å². The molecule has 0 unspecified atom stereocenters. The zero-order valence-electron chi connectivity index (χ0n) is 11.0. The van der Waals surface area contributed by atoms with Gasteiger partial charge >= 0.3 is 0 Å². The van der Waals surface area contributed by atoms with Crippen LogP contribution in [0.25, 0.3) is 0 Å². The van der Waals surface area contributed by atoms with Crippen LogP contribution in [0.5, 0.6) is 0 Å². The minimum Gasteiger partial charge on any atom is -0.387 e. The van der Waals surface area contributed by atoms with Gasteiger partial charge in [0.2, 0.25) is 5.91 Å². The number of aliphatic hydroxyl groups excluding tert-OH is 1. The minimum atomic E-state index is -3.68. The lowest BCUT2D eigenvalue weighted by molar-refractivity contribution is -0.118. The summed E-state index contributed by atoms with van der Waals surface area (Å²) in [5.41, 5.74) is 0.705. The number of benzene rings is 2. The van der Waals surface area contributed by atoms with Crippen LogP contribution in [0.15, 0.2) is 59.5 Å². The average Bonchev–Trinajstić information content (AvgIpc) is 2.48. The van der Waals surface area contributed by atoms with Gasteiger partial charge in [0.15, 0.2) is 0 Å². The van der Waals surface area contributed by atoms with E-state index in [1.165, 1.54) is 18.2 Å². The maximum Gasteiger partial charge on any atom is 0.261 e. The largest absolute Gasteiger partial charge is 0.387 e. The third kappa shape index (κ3) is 4.04. The van der Waals surface area contributed by atoms with Crippen molar-refractivity contribution in [3.63, 3.8) is 0 Å². The van der Waals surface area contributed by atoms with Crippen molar-refractivity contribution in [2.24, 2.45) is 0 Å². The molecule has 2 rings (SSSR count). The summed E-state index contributed by atoms with van der Waals surface area (Å²) in [6.07, 6.45) is 0. The van der Waals surface area contributed by atoms with Crippen molar-refractivity contribution in [2.75, 3.05) is 16.6 Å². The van der Waals surface area contributed by atoms with Gasteiger partial charge in [-0.1, -0.05) is 24.3 Å². The van der Waals surface area contributed by atoms with Gasteiger partial charge in [-0.3, -0.25) is 9.52 Å². The predicted octanol–water partition coefficient (Wildman–Crippen LogP) is 1.42. The summed E-state index contributed by atoms with van der Waals surface area (Å²) in [7, 11) is -3.68. The van der Waals surface area contributed by atoms with Crippen LogP contribution in [0.4, 0.5) is 11.4 Å². The van der Waals surface area contributed by atoms with Crippen LogP contribution in [0, 0.1) is 0 Å². The normalized spacial score (nSPS) is 10.9. The molecule has 2 aromatic rings. The third-order valence-corrected chi connectivity index (χ3v) is 3.99. The average molecular weight is 306 g/mol. The monoisotopic (exact) mass is 306 g/mol. The maximum atomic E-state index is 12.2. The summed E-state index contributed by atoms with van der Waals surface area (Å²) in [5.74, 6) is -0.571. The lowest BCUT2D eigenvalue weighted by atomic mass is 10.3. The summed E-state index contributed by atoms with van der Waals surface area (Å²) >= 11 is 0. The number of rotatable bonds is 5. The van der Waals surface area contributed by atoms with Crippen LogP contribution in [0.1, 0.15) is 0 Å². The number of carbonyl (C=O) groups is 1. The number of carbonyl (C=O) groups excluding carboxylic acids is 1. The standard InChI is InChI=1S/C14H14N2O4S/c17-10-14(18)15-11-5-4-6-12(9-11)16-21(19,20)13-7-2-1-3-8-13/h1-9,16-17H,10H2,(H,15,18). The van der Waals surface area contributed by atoms with E-state index in [0.717, 1.165) is 0 Å². The van der Waals surface area contributed by atoms with E-state index in [1.807, 2.05) is 0 Å². The Balaban J connectivity index is 2.20.